The molecule has 0 saturated carbocycles. The predicted molar refractivity (Wildman–Crippen MR) is 157 cm³/mol. The molecule has 0 radical (unpaired) electrons. The number of rotatable bonds is 10. The van der Waals surface area contributed by atoms with Crippen LogP contribution in [0.3, 0.4) is 0 Å². The number of aromatic nitrogens is 4. The standard InChI is InChI=1S/C30H24ClN7O3/c31-21-8-11-24-26(12-13-32-27(24)16-21)35-33-17-20-6-9-23(10-7-20)41-19-22-18-37(36-34-22)14-3-15-38-28-5-2-1-4-25(28)29(39)30(38)40/h1-2,4-13,16-18H,3,14-15,19H2,(H,32,35)/b33-17+. The van der Waals surface area contributed by atoms with Crippen molar-refractivity contribution in [1.82, 2.24) is 20.0 Å². The average Bonchev–Trinajstić information content (AvgIpc) is 3.55. The smallest absolute Gasteiger partial charge is 0.299 e. The third-order valence-corrected chi connectivity index (χ3v) is 6.84. The topological polar surface area (TPSA) is 115 Å². The largest absolute Gasteiger partial charge is 0.487 e. The molecule has 1 amide bonds. The van der Waals surface area contributed by atoms with Gasteiger partial charge < -0.3 is 9.64 Å². The third kappa shape index (κ3) is 5.78. The summed E-state index contributed by atoms with van der Waals surface area (Å²) in [4.78, 5) is 30.3. The van der Waals surface area contributed by atoms with Gasteiger partial charge in [-0.15, -0.1) is 5.10 Å². The van der Waals surface area contributed by atoms with Crippen LogP contribution < -0.4 is 15.1 Å². The number of Topliss-reactive ketones (excluding diaryl/α,β-unsaturated/α-hetero) is 1. The van der Waals surface area contributed by atoms with Gasteiger partial charge in [0.25, 0.3) is 11.7 Å². The lowest BCUT2D eigenvalue weighted by Gasteiger charge is -2.15. The molecule has 1 aliphatic heterocycles. The second-order valence-electron chi connectivity index (χ2n) is 9.38. The van der Waals surface area contributed by atoms with Gasteiger partial charge in [0.1, 0.15) is 18.1 Å². The third-order valence-electron chi connectivity index (χ3n) is 6.60. The van der Waals surface area contributed by atoms with Crippen molar-refractivity contribution in [1.29, 1.82) is 0 Å². The van der Waals surface area contributed by atoms with Crippen LogP contribution in [-0.4, -0.2) is 44.4 Å². The Morgan fingerprint density at radius 2 is 1.85 bits per heavy atom. The number of nitrogens with zero attached hydrogens (tertiary/aromatic N) is 6. The Labute approximate surface area is 240 Å². The number of amides is 1. The normalized spacial score (nSPS) is 12.9. The molecule has 1 aliphatic rings. The first-order chi connectivity index (χ1) is 20.0. The molecule has 3 aromatic carbocycles. The average molecular weight is 566 g/mol. The van der Waals surface area contributed by atoms with Crippen LogP contribution in [0.4, 0.5) is 11.4 Å². The van der Waals surface area contributed by atoms with E-state index in [-0.39, 0.29) is 6.61 Å². The van der Waals surface area contributed by atoms with Crippen molar-refractivity contribution in [2.75, 3.05) is 16.9 Å². The number of hydrazone groups is 1. The minimum Gasteiger partial charge on any atom is -0.487 e. The molecular weight excluding hydrogens is 542 g/mol. The molecule has 6 rings (SSSR count). The summed E-state index contributed by atoms with van der Waals surface area (Å²) in [6.45, 7) is 1.24. The number of fused-ring (bicyclic) bond motifs is 2. The highest BCUT2D eigenvalue weighted by molar-refractivity contribution is 6.52. The van der Waals surface area contributed by atoms with Crippen LogP contribution in [0.1, 0.15) is 28.0 Å². The molecule has 3 heterocycles. The van der Waals surface area contributed by atoms with Crippen molar-refractivity contribution in [3.8, 4) is 5.75 Å². The van der Waals surface area contributed by atoms with Gasteiger partial charge in [-0.2, -0.15) is 5.10 Å². The van der Waals surface area contributed by atoms with E-state index >= 15 is 0 Å². The maximum atomic E-state index is 12.3. The van der Waals surface area contributed by atoms with Crippen LogP contribution in [0.2, 0.25) is 5.02 Å². The van der Waals surface area contributed by atoms with Crippen molar-refractivity contribution >= 4 is 51.8 Å². The highest BCUT2D eigenvalue weighted by atomic mass is 35.5. The van der Waals surface area contributed by atoms with Gasteiger partial charge in [0, 0.05) is 29.7 Å². The fraction of sp³-hybridized carbons (Fsp3) is 0.133. The Bertz CT molecular complexity index is 1770. The Hall–Kier alpha value is -5.09. The summed E-state index contributed by atoms with van der Waals surface area (Å²) < 4.78 is 7.57. The van der Waals surface area contributed by atoms with Crippen LogP contribution in [0.5, 0.6) is 5.75 Å². The molecule has 1 N–H and O–H groups in total. The number of anilines is 2. The lowest BCUT2D eigenvalue weighted by molar-refractivity contribution is -0.114. The molecule has 0 fully saturated rings. The maximum Gasteiger partial charge on any atom is 0.299 e. The minimum absolute atomic E-state index is 0.264. The summed E-state index contributed by atoms with van der Waals surface area (Å²) in [5.41, 5.74) is 7.39. The summed E-state index contributed by atoms with van der Waals surface area (Å²) in [6, 6.07) is 22.0. The molecule has 11 heteroatoms. The van der Waals surface area contributed by atoms with Crippen LogP contribution in [0.15, 0.2) is 90.3 Å². The van der Waals surface area contributed by atoms with Crippen molar-refractivity contribution in [3.05, 3.63) is 107 Å². The first-order valence-electron chi connectivity index (χ1n) is 13.0. The fourth-order valence-electron chi connectivity index (χ4n) is 4.58. The van der Waals surface area contributed by atoms with E-state index < -0.39 is 11.7 Å². The SMILES string of the molecule is O=C1C(=O)N(CCCn2cc(COc3ccc(/C=N/Nc4ccnc5cc(Cl)ccc45)cc3)nn2)c2ccccc21. The minimum atomic E-state index is -0.486. The van der Waals surface area contributed by atoms with E-state index in [2.05, 4.69) is 25.8 Å². The first-order valence-corrected chi connectivity index (χ1v) is 13.3. The van der Waals surface area contributed by atoms with Gasteiger partial charge in [0.2, 0.25) is 0 Å². The number of hydrogen-bond acceptors (Lipinski definition) is 8. The van der Waals surface area contributed by atoms with Crippen molar-refractivity contribution in [2.24, 2.45) is 5.10 Å². The van der Waals surface area contributed by atoms with Gasteiger partial charge in [0.05, 0.1) is 34.9 Å². The highest BCUT2D eigenvalue weighted by Crippen LogP contribution is 2.28. The van der Waals surface area contributed by atoms with E-state index in [1.165, 1.54) is 4.90 Å². The molecule has 5 aromatic rings. The molecule has 41 heavy (non-hydrogen) atoms. The number of ketones is 1. The fourth-order valence-corrected chi connectivity index (χ4v) is 4.74. The number of carbonyl (C=O) groups is 2. The lowest BCUT2D eigenvalue weighted by atomic mass is 10.1. The monoisotopic (exact) mass is 565 g/mol. The zero-order valence-corrected chi connectivity index (χ0v) is 22.5. The van der Waals surface area contributed by atoms with E-state index in [1.807, 2.05) is 60.8 Å². The Morgan fingerprint density at radius 3 is 2.73 bits per heavy atom. The number of hydrogen-bond donors (Lipinski definition) is 1. The number of nitrogens with one attached hydrogen (secondary N) is 1. The van der Waals surface area contributed by atoms with Crippen molar-refractivity contribution in [2.45, 2.75) is 19.6 Å². The number of ether oxygens (including phenoxy) is 1. The summed E-state index contributed by atoms with van der Waals surface area (Å²) in [5.74, 6) is -0.249. The maximum absolute atomic E-state index is 12.3. The molecule has 0 unspecified atom stereocenters. The van der Waals surface area contributed by atoms with E-state index in [4.69, 9.17) is 16.3 Å². The first kappa shape index (κ1) is 26.1. The van der Waals surface area contributed by atoms with Crippen LogP contribution in [0, 0.1) is 0 Å². The summed E-state index contributed by atoms with van der Waals surface area (Å²) in [5, 5.41) is 14.2. The molecule has 204 valence electrons. The van der Waals surface area contributed by atoms with Gasteiger partial charge in [-0.3, -0.25) is 24.7 Å². The number of benzene rings is 3. The Kier molecular flexibility index (Phi) is 7.38. The Morgan fingerprint density at radius 1 is 1.00 bits per heavy atom. The molecule has 0 aliphatic carbocycles. The van der Waals surface area contributed by atoms with Gasteiger partial charge in [-0.25, -0.2) is 0 Å². The zero-order valence-electron chi connectivity index (χ0n) is 21.8. The zero-order chi connectivity index (χ0) is 28.2. The Balaban J connectivity index is 0.976. The van der Waals surface area contributed by atoms with E-state index in [1.54, 1.807) is 35.3 Å². The van der Waals surface area contributed by atoms with Crippen molar-refractivity contribution < 1.29 is 14.3 Å². The van der Waals surface area contributed by atoms with Gasteiger partial charge in [-0.05, 0) is 72.6 Å². The van der Waals surface area contributed by atoms with Gasteiger partial charge in [0.15, 0.2) is 0 Å². The number of halogens is 1. The summed E-state index contributed by atoms with van der Waals surface area (Å²) in [6.07, 6.45) is 5.87. The number of pyridine rings is 1. The van der Waals surface area contributed by atoms with E-state index in [9.17, 15) is 9.59 Å². The second kappa shape index (κ2) is 11.6. The molecular formula is C30H24ClN7O3. The van der Waals surface area contributed by atoms with Crippen molar-refractivity contribution in [3.63, 3.8) is 0 Å². The molecule has 0 spiro atoms. The van der Waals surface area contributed by atoms with Crippen LogP contribution in [-0.2, 0) is 17.9 Å². The van der Waals surface area contributed by atoms with Gasteiger partial charge >= 0.3 is 0 Å². The number of carbonyl (C=O) groups excluding carboxylic acids is 2. The summed E-state index contributed by atoms with van der Waals surface area (Å²) >= 11 is 6.06. The quantitative estimate of drug-likeness (QED) is 0.142. The lowest BCUT2D eigenvalue weighted by Crippen LogP contribution is -2.31. The predicted octanol–water partition coefficient (Wildman–Crippen LogP) is 5.12. The number of para-hydroxylation sites is 1. The van der Waals surface area contributed by atoms with E-state index in [0.717, 1.165) is 22.2 Å². The molecule has 0 atom stereocenters. The van der Waals surface area contributed by atoms with Crippen LogP contribution >= 0.6 is 11.6 Å². The molecule has 0 bridgehead atoms. The molecule has 10 nitrogen and oxygen atoms in total. The van der Waals surface area contributed by atoms with Gasteiger partial charge in [-0.1, -0.05) is 28.9 Å². The number of aryl methyl sites for hydroxylation is 1. The second-order valence-corrected chi connectivity index (χ2v) is 9.81. The van der Waals surface area contributed by atoms with E-state index in [0.29, 0.717) is 47.2 Å². The highest BCUT2D eigenvalue weighted by Gasteiger charge is 2.34. The summed E-state index contributed by atoms with van der Waals surface area (Å²) in [7, 11) is 0. The van der Waals surface area contributed by atoms with Crippen LogP contribution in [0.25, 0.3) is 10.9 Å². The molecule has 2 aromatic heterocycles. The molecule has 0 saturated heterocycles.